The third kappa shape index (κ3) is 3.04. The number of hydrogen-bond donors (Lipinski definition) is 1. The fraction of sp³-hybridized carbons (Fsp3) is 0.333. The lowest BCUT2D eigenvalue weighted by Crippen LogP contribution is -1.99. The molecule has 0 aliphatic heterocycles. The number of nitrogens with zero attached hydrogens (tertiary/aromatic N) is 2. The van der Waals surface area contributed by atoms with E-state index in [9.17, 15) is 4.79 Å². The van der Waals surface area contributed by atoms with Crippen molar-refractivity contribution >= 4 is 17.7 Å². The maximum atomic E-state index is 11.0. The van der Waals surface area contributed by atoms with Crippen LogP contribution in [-0.4, -0.2) is 20.6 Å². The first-order chi connectivity index (χ1) is 9.52. The molecular formula is C15H18N2O2S. The van der Waals surface area contributed by atoms with Crippen LogP contribution in [0.5, 0.6) is 0 Å². The summed E-state index contributed by atoms with van der Waals surface area (Å²) in [6.07, 6.45) is 0. The molecule has 0 aliphatic rings. The zero-order valence-electron chi connectivity index (χ0n) is 11.9. The number of aryl methyl sites for hydroxylation is 1. The van der Waals surface area contributed by atoms with Crippen LogP contribution in [0, 0.1) is 13.8 Å². The molecule has 0 atom stereocenters. The van der Waals surface area contributed by atoms with Crippen LogP contribution in [0.15, 0.2) is 29.4 Å². The van der Waals surface area contributed by atoms with Gasteiger partial charge >= 0.3 is 5.97 Å². The molecule has 5 heteroatoms. The van der Waals surface area contributed by atoms with E-state index in [2.05, 4.69) is 23.4 Å². The van der Waals surface area contributed by atoms with Gasteiger partial charge in [-0.2, -0.15) is 0 Å². The van der Waals surface area contributed by atoms with Gasteiger partial charge in [-0.3, -0.25) is 0 Å². The van der Waals surface area contributed by atoms with Gasteiger partial charge < -0.3 is 9.67 Å². The summed E-state index contributed by atoms with van der Waals surface area (Å²) in [5, 5.41) is 9.98. The Bertz CT molecular complexity index is 635. The van der Waals surface area contributed by atoms with Crippen molar-refractivity contribution < 1.29 is 9.90 Å². The smallest absolute Gasteiger partial charge is 0.335 e. The number of aromatic nitrogens is 2. The highest BCUT2D eigenvalue weighted by Gasteiger charge is 2.10. The van der Waals surface area contributed by atoms with E-state index in [1.165, 1.54) is 5.69 Å². The topological polar surface area (TPSA) is 55.1 Å². The average molecular weight is 290 g/mol. The van der Waals surface area contributed by atoms with Crippen molar-refractivity contribution in [3.8, 4) is 0 Å². The number of carbonyl (C=O) groups is 1. The maximum Gasteiger partial charge on any atom is 0.335 e. The van der Waals surface area contributed by atoms with Crippen LogP contribution in [0.3, 0.4) is 0 Å². The minimum Gasteiger partial charge on any atom is -0.478 e. The summed E-state index contributed by atoms with van der Waals surface area (Å²) in [5.74, 6) is -0.171. The normalized spacial score (nSPS) is 10.8. The van der Waals surface area contributed by atoms with Gasteiger partial charge in [0, 0.05) is 18.0 Å². The zero-order chi connectivity index (χ0) is 14.7. The van der Waals surface area contributed by atoms with Gasteiger partial charge in [-0.25, -0.2) is 9.78 Å². The van der Waals surface area contributed by atoms with E-state index in [4.69, 9.17) is 5.11 Å². The first-order valence-corrected chi connectivity index (χ1v) is 7.50. The summed E-state index contributed by atoms with van der Waals surface area (Å²) in [5.41, 5.74) is 3.56. The summed E-state index contributed by atoms with van der Waals surface area (Å²) < 4.78 is 2.18. The molecule has 0 fully saturated rings. The molecule has 0 saturated carbocycles. The van der Waals surface area contributed by atoms with Crippen LogP contribution < -0.4 is 0 Å². The largest absolute Gasteiger partial charge is 0.478 e. The van der Waals surface area contributed by atoms with Crippen molar-refractivity contribution in [2.45, 2.75) is 38.2 Å². The summed E-state index contributed by atoms with van der Waals surface area (Å²) in [6, 6.07) is 7.05. The van der Waals surface area contributed by atoms with Crippen LogP contribution in [0.4, 0.5) is 0 Å². The highest BCUT2D eigenvalue weighted by Crippen LogP contribution is 2.25. The van der Waals surface area contributed by atoms with Crippen LogP contribution in [0.1, 0.15) is 34.2 Å². The first-order valence-electron chi connectivity index (χ1n) is 6.51. The molecule has 0 amide bonds. The van der Waals surface area contributed by atoms with Crippen molar-refractivity contribution in [2.24, 2.45) is 0 Å². The third-order valence-corrected chi connectivity index (χ3v) is 4.33. The summed E-state index contributed by atoms with van der Waals surface area (Å²) in [6.45, 7) is 7.07. The van der Waals surface area contributed by atoms with Gasteiger partial charge in [-0.15, -0.1) is 0 Å². The Morgan fingerprint density at radius 3 is 2.80 bits per heavy atom. The molecule has 0 aliphatic carbocycles. The number of imidazole rings is 1. The minimum absolute atomic E-state index is 0.328. The Hall–Kier alpha value is -1.75. The Morgan fingerprint density at radius 2 is 2.15 bits per heavy atom. The summed E-state index contributed by atoms with van der Waals surface area (Å²) >= 11 is 1.64. The molecule has 106 valence electrons. The van der Waals surface area contributed by atoms with Gasteiger partial charge in [-0.1, -0.05) is 23.9 Å². The average Bonchev–Trinajstić information content (AvgIpc) is 2.71. The number of rotatable bonds is 5. The SMILES string of the molecule is CCn1c(SCc2cccc(C(=O)O)c2)nc(C)c1C. The second-order valence-corrected chi connectivity index (χ2v) is 5.55. The van der Waals surface area contributed by atoms with E-state index in [0.29, 0.717) is 5.56 Å². The van der Waals surface area contributed by atoms with Crippen molar-refractivity contribution in [2.75, 3.05) is 0 Å². The highest BCUT2D eigenvalue weighted by molar-refractivity contribution is 7.98. The van der Waals surface area contributed by atoms with Gasteiger partial charge in [0.2, 0.25) is 0 Å². The molecular weight excluding hydrogens is 272 g/mol. The quantitative estimate of drug-likeness (QED) is 0.856. The lowest BCUT2D eigenvalue weighted by Gasteiger charge is -2.07. The molecule has 0 spiro atoms. The Balaban J connectivity index is 2.15. The molecule has 1 N–H and O–H groups in total. The third-order valence-electron chi connectivity index (χ3n) is 3.28. The Kier molecular flexibility index (Phi) is 4.49. The highest BCUT2D eigenvalue weighted by atomic mass is 32.2. The molecule has 1 aromatic carbocycles. The molecule has 2 rings (SSSR count). The monoisotopic (exact) mass is 290 g/mol. The first kappa shape index (κ1) is 14.7. The van der Waals surface area contributed by atoms with Gasteiger partial charge in [0.25, 0.3) is 0 Å². The van der Waals surface area contributed by atoms with Crippen LogP contribution in [0.25, 0.3) is 0 Å². The van der Waals surface area contributed by atoms with Gasteiger partial charge in [0.1, 0.15) is 0 Å². The van der Waals surface area contributed by atoms with Crippen molar-refractivity contribution in [1.82, 2.24) is 9.55 Å². The molecule has 4 nitrogen and oxygen atoms in total. The zero-order valence-corrected chi connectivity index (χ0v) is 12.7. The summed E-state index contributed by atoms with van der Waals surface area (Å²) in [7, 11) is 0. The van der Waals surface area contributed by atoms with E-state index in [0.717, 1.165) is 28.7 Å². The fourth-order valence-electron chi connectivity index (χ4n) is 2.05. The maximum absolute atomic E-state index is 11.0. The fourth-order valence-corrected chi connectivity index (χ4v) is 3.15. The standard InChI is InChI=1S/C15H18N2O2S/c1-4-17-11(3)10(2)16-15(17)20-9-12-6-5-7-13(8-12)14(18)19/h5-8H,4,9H2,1-3H3,(H,18,19). The Labute approximate surface area is 122 Å². The van der Waals surface area contributed by atoms with Gasteiger partial charge in [-0.05, 0) is 38.5 Å². The second-order valence-electron chi connectivity index (χ2n) is 4.60. The van der Waals surface area contributed by atoms with Crippen LogP contribution in [-0.2, 0) is 12.3 Å². The molecule has 0 unspecified atom stereocenters. The predicted octanol–water partition coefficient (Wildman–Crippen LogP) is 3.51. The van der Waals surface area contributed by atoms with E-state index >= 15 is 0 Å². The van der Waals surface area contributed by atoms with Crippen LogP contribution >= 0.6 is 11.8 Å². The molecule has 20 heavy (non-hydrogen) atoms. The number of hydrogen-bond acceptors (Lipinski definition) is 3. The molecule has 0 bridgehead atoms. The second kappa shape index (κ2) is 6.13. The molecule has 0 radical (unpaired) electrons. The molecule has 2 aromatic rings. The van der Waals surface area contributed by atoms with E-state index < -0.39 is 5.97 Å². The number of carboxylic acid groups (broad SMARTS) is 1. The number of aromatic carboxylic acids is 1. The van der Waals surface area contributed by atoms with E-state index in [1.807, 2.05) is 13.0 Å². The number of benzene rings is 1. The molecule has 1 heterocycles. The van der Waals surface area contributed by atoms with Crippen molar-refractivity contribution in [3.63, 3.8) is 0 Å². The van der Waals surface area contributed by atoms with E-state index in [1.54, 1.807) is 30.0 Å². The lowest BCUT2D eigenvalue weighted by molar-refractivity contribution is 0.0697. The van der Waals surface area contributed by atoms with Crippen LogP contribution in [0.2, 0.25) is 0 Å². The minimum atomic E-state index is -0.890. The Morgan fingerprint density at radius 1 is 1.40 bits per heavy atom. The van der Waals surface area contributed by atoms with Gasteiger partial charge in [0.05, 0.1) is 11.3 Å². The van der Waals surface area contributed by atoms with Gasteiger partial charge in [0.15, 0.2) is 5.16 Å². The lowest BCUT2D eigenvalue weighted by atomic mass is 10.1. The summed E-state index contributed by atoms with van der Waals surface area (Å²) in [4.78, 5) is 15.5. The van der Waals surface area contributed by atoms with Crippen molar-refractivity contribution in [1.29, 1.82) is 0 Å². The predicted molar refractivity (Wildman–Crippen MR) is 80.3 cm³/mol. The molecule has 0 saturated heterocycles. The molecule has 1 aromatic heterocycles. The number of carboxylic acids is 1. The van der Waals surface area contributed by atoms with E-state index in [-0.39, 0.29) is 0 Å². The number of thioether (sulfide) groups is 1. The van der Waals surface area contributed by atoms with Crippen molar-refractivity contribution in [3.05, 3.63) is 46.8 Å².